The standard InChI is InChI=1S/C19H16N2O3S/c22-19-13-7-4-8-15(19)14-20-17-11-5-6-12-18(17)21-25(23,24)16-9-2-1-3-10-16/h1-14,21-22H. The van der Waals surface area contributed by atoms with Gasteiger partial charge in [0.25, 0.3) is 10.0 Å². The lowest BCUT2D eigenvalue weighted by molar-refractivity contribution is 0.474. The summed E-state index contributed by atoms with van der Waals surface area (Å²) in [6.07, 6.45) is 1.49. The Kier molecular flexibility index (Phi) is 4.81. The Morgan fingerprint density at radius 2 is 1.48 bits per heavy atom. The SMILES string of the molecule is O=S(=O)(Nc1ccccc1N=Cc1ccccc1O)c1ccccc1. The number of nitrogens with one attached hydrogen (secondary N) is 1. The van der Waals surface area contributed by atoms with Crippen LogP contribution in [-0.2, 0) is 10.0 Å². The quantitative estimate of drug-likeness (QED) is 0.683. The number of para-hydroxylation sites is 3. The summed E-state index contributed by atoms with van der Waals surface area (Å²) in [5.41, 5.74) is 1.35. The number of hydrogen-bond acceptors (Lipinski definition) is 4. The van der Waals surface area contributed by atoms with E-state index in [0.29, 0.717) is 16.9 Å². The van der Waals surface area contributed by atoms with Crippen LogP contribution in [0.25, 0.3) is 0 Å². The van der Waals surface area contributed by atoms with E-state index in [1.54, 1.807) is 66.7 Å². The van der Waals surface area contributed by atoms with Crippen LogP contribution in [0.1, 0.15) is 5.56 Å². The van der Waals surface area contributed by atoms with Crippen molar-refractivity contribution in [2.75, 3.05) is 4.72 Å². The molecular weight excluding hydrogens is 336 g/mol. The second-order valence-corrected chi connectivity index (χ2v) is 6.94. The van der Waals surface area contributed by atoms with Crippen LogP contribution in [0.5, 0.6) is 5.75 Å². The first-order valence-electron chi connectivity index (χ1n) is 7.55. The third-order valence-corrected chi connectivity index (χ3v) is 4.86. The predicted octanol–water partition coefficient (Wildman–Crippen LogP) is 3.94. The number of phenols is 1. The molecule has 0 aromatic heterocycles. The minimum atomic E-state index is -3.70. The summed E-state index contributed by atoms with van der Waals surface area (Å²) in [4.78, 5) is 4.48. The highest BCUT2D eigenvalue weighted by Gasteiger charge is 2.15. The van der Waals surface area contributed by atoms with Crippen LogP contribution >= 0.6 is 0 Å². The molecule has 0 atom stereocenters. The van der Waals surface area contributed by atoms with Gasteiger partial charge in [-0.25, -0.2) is 8.42 Å². The molecule has 0 radical (unpaired) electrons. The van der Waals surface area contributed by atoms with Crippen LogP contribution in [-0.4, -0.2) is 19.7 Å². The van der Waals surface area contributed by atoms with Crippen LogP contribution in [0.2, 0.25) is 0 Å². The average Bonchev–Trinajstić information content (AvgIpc) is 2.63. The molecule has 0 aliphatic rings. The minimum absolute atomic E-state index is 0.105. The Morgan fingerprint density at radius 1 is 0.840 bits per heavy atom. The lowest BCUT2D eigenvalue weighted by Gasteiger charge is -2.10. The van der Waals surface area contributed by atoms with Gasteiger partial charge in [-0.3, -0.25) is 9.71 Å². The molecule has 0 bridgehead atoms. The fraction of sp³-hybridized carbons (Fsp3) is 0. The summed E-state index contributed by atoms with van der Waals surface area (Å²) in [5, 5.41) is 9.79. The predicted molar refractivity (Wildman–Crippen MR) is 99.1 cm³/mol. The van der Waals surface area contributed by atoms with Crippen molar-refractivity contribution < 1.29 is 13.5 Å². The highest BCUT2D eigenvalue weighted by molar-refractivity contribution is 7.92. The van der Waals surface area contributed by atoms with Crippen molar-refractivity contribution in [3.63, 3.8) is 0 Å². The normalized spacial score (nSPS) is 11.5. The number of aromatic hydroxyl groups is 1. The third-order valence-electron chi connectivity index (χ3n) is 3.48. The van der Waals surface area contributed by atoms with Gasteiger partial charge < -0.3 is 5.11 Å². The zero-order chi connectivity index (χ0) is 17.7. The van der Waals surface area contributed by atoms with Crippen molar-refractivity contribution in [2.45, 2.75) is 4.90 Å². The van der Waals surface area contributed by atoms with E-state index in [0.717, 1.165) is 0 Å². The Bertz CT molecular complexity index is 1000. The fourth-order valence-corrected chi connectivity index (χ4v) is 3.31. The van der Waals surface area contributed by atoms with Gasteiger partial charge in [-0.2, -0.15) is 0 Å². The number of aliphatic imine (C=N–C) groups is 1. The second kappa shape index (κ2) is 7.19. The summed E-state index contributed by atoms with van der Waals surface area (Å²) in [6, 6.07) is 21.7. The molecule has 5 nitrogen and oxygen atoms in total. The number of anilines is 1. The van der Waals surface area contributed by atoms with Crippen molar-refractivity contribution in [3.05, 3.63) is 84.4 Å². The maximum atomic E-state index is 12.5. The summed E-state index contributed by atoms with van der Waals surface area (Å²) in [7, 11) is -3.70. The molecule has 0 unspecified atom stereocenters. The molecule has 0 saturated carbocycles. The van der Waals surface area contributed by atoms with Crippen molar-refractivity contribution in [1.82, 2.24) is 0 Å². The average molecular weight is 352 g/mol. The summed E-state index contributed by atoms with van der Waals surface area (Å²) >= 11 is 0. The van der Waals surface area contributed by atoms with Crippen LogP contribution in [0.15, 0.2) is 88.8 Å². The van der Waals surface area contributed by atoms with E-state index in [1.165, 1.54) is 18.3 Å². The number of nitrogens with zero attached hydrogens (tertiary/aromatic N) is 1. The molecule has 0 spiro atoms. The maximum Gasteiger partial charge on any atom is 0.261 e. The molecule has 0 fully saturated rings. The van der Waals surface area contributed by atoms with Gasteiger partial charge in [-0.05, 0) is 36.4 Å². The van der Waals surface area contributed by atoms with E-state index in [9.17, 15) is 13.5 Å². The summed E-state index contributed by atoms with van der Waals surface area (Å²) in [5.74, 6) is 0.105. The van der Waals surface area contributed by atoms with E-state index in [-0.39, 0.29) is 10.6 Å². The van der Waals surface area contributed by atoms with Crippen molar-refractivity contribution in [3.8, 4) is 5.75 Å². The largest absolute Gasteiger partial charge is 0.507 e. The Labute approximate surface area is 146 Å². The van der Waals surface area contributed by atoms with Crippen molar-refractivity contribution in [2.24, 2.45) is 4.99 Å². The Morgan fingerprint density at radius 3 is 2.24 bits per heavy atom. The number of benzene rings is 3. The first kappa shape index (κ1) is 16.7. The molecule has 2 N–H and O–H groups in total. The first-order chi connectivity index (χ1) is 12.1. The number of hydrogen-bond donors (Lipinski definition) is 2. The zero-order valence-electron chi connectivity index (χ0n) is 13.2. The van der Waals surface area contributed by atoms with Crippen LogP contribution in [0, 0.1) is 0 Å². The number of rotatable bonds is 5. The first-order valence-corrected chi connectivity index (χ1v) is 9.03. The lowest BCUT2D eigenvalue weighted by Crippen LogP contribution is -2.12. The van der Waals surface area contributed by atoms with E-state index < -0.39 is 10.0 Å². The molecule has 126 valence electrons. The molecular formula is C19H16N2O3S. The molecule has 3 rings (SSSR count). The molecule has 0 heterocycles. The van der Waals surface area contributed by atoms with Gasteiger partial charge in [0.05, 0.1) is 16.3 Å². The summed E-state index contributed by atoms with van der Waals surface area (Å²) in [6.45, 7) is 0. The third kappa shape index (κ3) is 4.05. The molecule has 25 heavy (non-hydrogen) atoms. The number of phenolic OH excluding ortho intramolecular Hbond substituents is 1. The second-order valence-electron chi connectivity index (χ2n) is 5.25. The number of sulfonamides is 1. The minimum Gasteiger partial charge on any atom is -0.507 e. The van der Waals surface area contributed by atoms with Gasteiger partial charge in [0.1, 0.15) is 5.75 Å². The van der Waals surface area contributed by atoms with E-state index in [4.69, 9.17) is 0 Å². The van der Waals surface area contributed by atoms with Gasteiger partial charge >= 0.3 is 0 Å². The van der Waals surface area contributed by atoms with Crippen LogP contribution < -0.4 is 4.72 Å². The van der Waals surface area contributed by atoms with Crippen LogP contribution in [0.3, 0.4) is 0 Å². The fourth-order valence-electron chi connectivity index (χ4n) is 2.21. The topological polar surface area (TPSA) is 78.8 Å². The highest BCUT2D eigenvalue weighted by atomic mass is 32.2. The highest BCUT2D eigenvalue weighted by Crippen LogP contribution is 2.27. The smallest absolute Gasteiger partial charge is 0.261 e. The monoisotopic (exact) mass is 352 g/mol. The molecule has 0 amide bonds. The lowest BCUT2D eigenvalue weighted by atomic mass is 10.2. The van der Waals surface area contributed by atoms with Gasteiger partial charge in [0.2, 0.25) is 0 Å². The molecule has 3 aromatic rings. The maximum absolute atomic E-state index is 12.5. The molecule has 0 saturated heterocycles. The van der Waals surface area contributed by atoms with Gasteiger partial charge in [-0.1, -0.05) is 42.5 Å². The van der Waals surface area contributed by atoms with Gasteiger partial charge in [-0.15, -0.1) is 0 Å². The van der Waals surface area contributed by atoms with Gasteiger partial charge in [0, 0.05) is 11.8 Å². The zero-order valence-corrected chi connectivity index (χ0v) is 14.0. The Balaban J connectivity index is 1.91. The Hall–Kier alpha value is -3.12. The molecule has 0 aliphatic heterocycles. The van der Waals surface area contributed by atoms with E-state index in [1.807, 2.05) is 0 Å². The molecule has 0 aliphatic carbocycles. The van der Waals surface area contributed by atoms with Crippen LogP contribution in [0.4, 0.5) is 11.4 Å². The van der Waals surface area contributed by atoms with Gasteiger partial charge in [0.15, 0.2) is 0 Å². The molecule has 6 heteroatoms. The van der Waals surface area contributed by atoms with Crippen molar-refractivity contribution in [1.29, 1.82) is 0 Å². The van der Waals surface area contributed by atoms with Crippen molar-refractivity contribution >= 4 is 27.6 Å². The van der Waals surface area contributed by atoms with E-state index in [2.05, 4.69) is 9.71 Å². The van der Waals surface area contributed by atoms with E-state index >= 15 is 0 Å². The summed E-state index contributed by atoms with van der Waals surface area (Å²) < 4.78 is 27.5. The molecule has 3 aromatic carbocycles.